The number of hydrogen-bond donors (Lipinski definition) is 0. The van der Waals surface area contributed by atoms with Crippen LogP contribution in [0.25, 0.3) is 0 Å². The lowest BCUT2D eigenvalue weighted by Gasteiger charge is -2.37. The molecule has 1 amide bonds. The molecule has 162 valence electrons. The molecule has 1 aliphatic rings. The van der Waals surface area contributed by atoms with Crippen molar-refractivity contribution in [1.82, 2.24) is 4.90 Å². The van der Waals surface area contributed by atoms with Gasteiger partial charge in [-0.25, -0.2) is 12.8 Å². The highest BCUT2D eigenvalue weighted by Crippen LogP contribution is 2.27. The van der Waals surface area contributed by atoms with E-state index in [2.05, 4.69) is 12.1 Å². The van der Waals surface area contributed by atoms with Gasteiger partial charge in [-0.1, -0.05) is 37.3 Å². The van der Waals surface area contributed by atoms with E-state index in [0.29, 0.717) is 31.1 Å². The molecule has 30 heavy (non-hydrogen) atoms. The summed E-state index contributed by atoms with van der Waals surface area (Å²) in [7, 11) is -3.71. The summed E-state index contributed by atoms with van der Waals surface area (Å²) in [5.41, 5.74) is 1.60. The maximum absolute atomic E-state index is 13.3. The first-order valence-corrected chi connectivity index (χ1v) is 12.2. The van der Waals surface area contributed by atoms with Crippen molar-refractivity contribution in [1.29, 1.82) is 0 Å². The number of anilines is 1. The second-order valence-electron chi connectivity index (χ2n) is 7.92. The second kappa shape index (κ2) is 9.60. The zero-order valence-electron chi connectivity index (χ0n) is 17.5. The van der Waals surface area contributed by atoms with E-state index in [1.165, 1.54) is 29.8 Å². The van der Waals surface area contributed by atoms with Crippen LogP contribution in [0.3, 0.4) is 0 Å². The van der Waals surface area contributed by atoms with Crippen LogP contribution in [0, 0.1) is 11.7 Å². The van der Waals surface area contributed by atoms with Crippen LogP contribution >= 0.6 is 0 Å². The quantitative estimate of drug-likeness (QED) is 0.668. The molecule has 1 fully saturated rings. The van der Waals surface area contributed by atoms with E-state index in [-0.39, 0.29) is 5.91 Å². The van der Waals surface area contributed by atoms with Crippen molar-refractivity contribution in [3.05, 3.63) is 66.0 Å². The first-order valence-electron chi connectivity index (χ1n) is 10.4. The number of benzene rings is 2. The van der Waals surface area contributed by atoms with Gasteiger partial charge in [-0.05, 0) is 61.4 Å². The highest BCUT2D eigenvalue weighted by atomic mass is 32.2. The van der Waals surface area contributed by atoms with Crippen molar-refractivity contribution in [2.24, 2.45) is 5.92 Å². The van der Waals surface area contributed by atoms with Gasteiger partial charge in [0.25, 0.3) is 0 Å². The number of amides is 1. The predicted octanol–water partition coefficient (Wildman–Crippen LogP) is 3.85. The third kappa shape index (κ3) is 5.39. The van der Waals surface area contributed by atoms with Gasteiger partial charge in [-0.3, -0.25) is 9.10 Å². The molecule has 0 aliphatic carbocycles. The SMILES string of the molecule is CC[C@@H](C(=O)N1CCC(Cc2ccccc2)CC1)N(c1ccc(F)cc1)S(C)(=O)=O. The van der Waals surface area contributed by atoms with Gasteiger partial charge in [0.2, 0.25) is 15.9 Å². The number of carbonyl (C=O) groups excluding carboxylic acids is 1. The monoisotopic (exact) mass is 432 g/mol. The molecule has 1 atom stereocenters. The van der Waals surface area contributed by atoms with Crippen LogP contribution in [0.2, 0.25) is 0 Å². The summed E-state index contributed by atoms with van der Waals surface area (Å²) in [5.74, 6) is -0.128. The lowest BCUT2D eigenvalue weighted by atomic mass is 9.90. The Labute approximate surface area is 178 Å². The van der Waals surface area contributed by atoms with Crippen LogP contribution in [0.4, 0.5) is 10.1 Å². The standard InChI is InChI=1S/C23H29FN2O3S/c1-3-22(26(30(2,28)29)21-11-9-20(24)10-12-21)23(27)25-15-13-19(14-16-25)17-18-7-5-4-6-8-18/h4-12,19,22H,3,13-17H2,1-2H3/t22-/m0/s1. The fourth-order valence-electron chi connectivity index (χ4n) is 4.15. The van der Waals surface area contributed by atoms with Crippen LogP contribution in [0.5, 0.6) is 0 Å². The second-order valence-corrected chi connectivity index (χ2v) is 9.78. The molecule has 1 heterocycles. The number of nitrogens with zero attached hydrogens (tertiary/aromatic N) is 2. The van der Waals surface area contributed by atoms with Crippen molar-refractivity contribution < 1.29 is 17.6 Å². The summed E-state index contributed by atoms with van der Waals surface area (Å²) in [6.45, 7) is 3.04. The summed E-state index contributed by atoms with van der Waals surface area (Å²) < 4.78 is 39.5. The van der Waals surface area contributed by atoms with Gasteiger partial charge in [-0.15, -0.1) is 0 Å². The molecule has 2 aromatic carbocycles. The van der Waals surface area contributed by atoms with Crippen molar-refractivity contribution >= 4 is 21.6 Å². The largest absolute Gasteiger partial charge is 0.341 e. The van der Waals surface area contributed by atoms with Gasteiger partial charge < -0.3 is 4.90 Å². The zero-order valence-corrected chi connectivity index (χ0v) is 18.3. The molecule has 1 aliphatic heterocycles. The lowest BCUT2D eigenvalue weighted by Crippen LogP contribution is -2.52. The van der Waals surface area contributed by atoms with Crippen molar-refractivity contribution in [3.63, 3.8) is 0 Å². The Balaban J connectivity index is 1.71. The van der Waals surface area contributed by atoms with E-state index in [1.54, 1.807) is 11.8 Å². The first kappa shape index (κ1) is 22.3. The van der Waals surface area contributed by atoms with Crippen LogP contribution < -0.4 is 4.31 Å². The Morgan fingerprint density at radius 1 is 1.10 bits per heavy atom. The minimum atomic E-state index is -3.71. The molecular weight excluding hydrogens is 403 g/mol. The van der Waals surface area contributed by atoms with Gasteiger partial charge in [0.15, 0.2) is 0 Å². The minimum Gasteiger partial charge on any atom is -0.341 e. The predicted molar refractivity (Wildman–Crippen MR) is 117 cm³/mol. The molecular formula is C23H29FN2O3S. The van der Waals surface area contributed by atoms with E-state index in [4.69, 9.17) is 0 Å². The Bertz CT molecular complexity index is 940. The van der Waals surface area contributed by atoms with Crippen molar-refractivity contribution in [2.45, 2.75) is 38.6 Å². The first-order chi connectivity index (χ1) is 14.3. The van der Waals surface area contributed by atoms with Crippen LogP contribution in [-0.4, -0.2) is 44.6 Å². The fraction of sp³-hybridized carbons (Fsp3) is 0.435. The number of hydrogen-bond acceptors (Lipinski definition) is 3. The van der Waals surface area contributed by atoms with Crippen molar-refractivity contribution in [3.8, 4) is 0 Å². The van der Waals surface area contributed by atoms with Gasteiger partial charge in [0, 0.05) is 13.1 Å². The topological polar surface area (TPSA) is 57.7 Å². The molecule has 0 N–H and O–H groups in total. The summed E-state index contributed by atoms with van der Waals surface area (Å²) in [5, 5.41) is 0. The average molecular weight is 433 g/mol. The third-order valence-electron chi connectivity index (χ3n) is 5.69. The smallest absolute Gasteiger partial charge is 0.246 e. The molecule has 3 rings (SSSR count). The van der Waals surface area contributed by atoms with Crippen molar-refractivity contribution in [2.75, 3.05) is 23.7 Å². The van der Waals surface area contributed by atoms with Gasteiger partial charge >= 0.3 is 0 Å². The molecule has 0 unspecified atom stereocenters. The molecule has 0 saturated carbocycles. The lowest BCUT2D eigenvalue weighted by molar-refractivity contribution is -0.133. The molecule has 5 nitrogen and oxygen atoms in total. The number of likely N-dealkylation sites (tertiary alicyclic amines) is 1. The Morgan fingerprint density at radius 2 is 1.70 bits per heavy atom. The minimum absolute atomic E-state index is 0.189. The van der Waals surface area contributed by atoms with E-state index in [1.807, 2.05) is 18.2 Å². The Kier molecular flexibility index (Phi) is 7.13. The normalized spacial score (nSPS) is 16.3. The highest BCUT2D eigenvalue weighted by Gasteiger charge is 2.35. The van der Waals surface area contributed by atoms with Gasteiger partial charge in [-0.2, -0.15) is 0 Å². The molecule has 0 bridgehead atoms. The molecule has 7 heteroatoms. The molecule has 2 aromatic rings. The number of piperidine rings is 1. The number of rotatable bonds is 7. The van der Waals surface area contributed by atoms with Crippen LogP contribution in [0.15, 0.2) is 54.6 Å². The molecule has 0 radical (unpaired) electrons. The van der Waals surface area contributed by atoms with Crippen LogP contribution in [-0.2, 0) is 21.2 Å². The van der Waals surface area contributed by atoms with Crippen LogP contribution in [0.1, 0.15) is 31.7 Å². The van der Waals surface area contributed by atoms with E-state index >= 15 is 0 Å². The summed E-state index contributed by atoms with van der Waals surface area (Å²) in [6.07, 6.45) is 4.20. The fourth-order valence-corrected chi connectivity index (χ4v) is 5.35. The Hall–Kier alpha value is -2.41. The summed E-state index contributed by atoms with van der Waals surface area (Å²) >= 11 is 0. The molecule has 0 aromatic heterocycles. The van der Waals surface area contributed by atoms with E-state index in [9.17, 15) is 17.6 Å². The Morgan fingerprint density at radius 3 is 2.23 bits per heavy atom. The van der Waals surface area contributed by atoms with Gasteiger partial charge in [0.05, 0.1) is 11.9 Å². The van der Waals surface area contributed by atoms with Gasteiger partial charge in [0.1, 0.15) is 11.9 Å². The van der Waals surface area contributed by atoms with E-state index in [0.717, 1.165) is 29.8 Å². The number of carbonyl (C=O) groups is 1. The summed E-state index contributed by atoms with van der Waals surface area (Å²) in [6, 6.07) is 14.7. The molecule has 1 saturated heterocycles. The number of halogens is 1. The maximum atomic E-state index is 13.3. The summed E-state index contributed by atoms with van der Waals surface area (Å²) in [4.78, 5) is 15.0. The number of sulfonamides is 1. The highest BCUT2D eigenvalue weighted by molar-refractivity contribution is 7.92. The zero-order chi connectivity index (χ0) is 21.7. The third-order valence-corrected chi connectivity index (χ3v) is 6.87. The molecule has 0 spiro atoms. The average Bonchev–Trinajstić information content (AvgIpc) is 2.73. The maximum Gasteiger partial charge on any atom is 0.246 e. The van der Waals surface area contributed by atoms with E-state index < -0.39 is 21.9 Å².